The fourth-order valence-corrected chi connectivity index (χ4v) is 2.15. The predicted molar refractivity (Wildman–Crippen MR) is 75.9 cm³/mol. The van der Waals surface area contributed by atoms with Crippen LogP contribution in [0.2, 0.25) is 10.0 Å². The van der Waals surface area contributed by atoms with Crippen LogP contribution in [0.1, 0.15) is 6.42 Å². The van der Waals surface area contributed by atoms with E-state index < -0.39 is 0 Å². The van der Waals surface area contributed by atoms with E-state index in [1.165, 1.54) is 0 Å². The molecule has 0 aliphatic carbocycles. The molecule has 4 nitrogen and oxygen atoms in total. The van der Waals surface area contributed by atoms with Gasteiger partial charge < -0.3 is 15.4 Å². The fourth-order valence-electron chi connectivity index (χ4n) is 1.69. The maximum Gasteiger partial charge on any atom is 0.223 e. The molecule has 0 aromatic heterocycles. The molecule has 0 unspecified atom stereocenters. The minimum atomic E-state index is -0.00279. The molecular weight excluding hydrogens is 287 g/mol. The molecule has 1 amide bonds. The zero-order valence-electron chi connectivity index (χ0n) is 10.4. The van der Waals surface area contributed by atoms with E-state index >= 15 is 0 Å². The van der Waals surface area contributed by atoms with Gasteiger partial charge in [-0.15, -0.1) is 0 Å². The van der Waals surface area contributed by atoms with Crippen LogP contribution in [0.3, 0.4) is 0 Å². The molecule has 0 atom stereocenters. The highest BCUT2D eigenvalue weighted by Crippen LogP contribution is 2.27. The second-order valence-electron chi connectivity index (χ2n) is 4.50. The summed E-state index contributed by atoms with van der Waals surface area (Å²) in [7, 11) is 0. The van der Waals surface area contributed by atoms with Crippen LogP contribution >= 0.6 is 23.2 Å². The number of rotatable bonds is 6. The second kappa shape index (κ2) is 6.98. The fraction of sp³-hybridized carbons (Fsp3) is 0.462. The van der Waals surface area contributed by atoms with Crippen molar-refractivity contribution in [3.8, 4) is 5.75 Å². The average Bonchev–Trinajstić information content (AvgIpc) is 2.30. The largest absolute Gasteiger partial charge is 0.491 e. The van der Waals surface area contributed by atoms with Crippen LogP contribution in [0.4, 0.5) is 0 Å². The summed E-state index contributed by atoms with van der Waals surface area (Å²) in [5.41, 5.74) is 0. The van der Waals surface area contributed by atoms with E-state index in [9.17, 15) is 4.79 Å². The first kappa shape index (κ1) is 14.4. The Morgan fingerprint density at radius 1 is 1.42 bits per heavy atom. The normalized spacial score (nSPS) is 14.8. The smallest absolute Gasteiger partial charge is 0.223 e. The van der Waals surface area contributed by atoms with E-state index in [0.717, 1.165) is 19.6 Å². The van der Waals surface area contributed by atoms with Crippen molar-refractivity contribution in [2.24, 2.45) is 5.92 Å². The number of benzene rings is 1. The quantitative estimate of drug-likeness (QED) is 0.846. The van der Waals surface area contributed by atoms with Gasteiger partial charge in [0.25, 0.3) is 0 Å². The predicted octanol–water partition coefficient (Wildman–Crippen LogP) is 2.10. The van der Waals surface area contributed by atoms with Gasteiger partial charge in [0, 0.05) is 30.6 Å². The number of hydrogen-bond acceptors (Lipinski definition) is 3. The molecule has 0 spiro atoms. The average molecular weight is 303 g/mol. The Balaban J connectivity index is 1.66. The van der Waals surface area contributed by atoms with Crippen LogP contribution in [0.15, 0.2) is 18.2 Å². The van der Waals surface area contributed by atoms with Crippen molar-refractivity contribution in [3.05, 3.63) is 28.2 Å². The first-order valence-electron chi connectivity index (χ1n) is 6.20. The van der Waals surface area contributed by atoms with E-state index in [4.69, 9.17) is 27.9 Å². The lowest BCUT2D eigenvalue weighted by Gasteiger charge is -2.27. The Labute approximate surface area is 122 Å². The molecule has 1 aromatic rings. The molecule has 1 saturated heterocycles. The topological polar surface area (TPSA) is 50.4 Å². The summed E-state index contributed by atoms with van der Waals surface area (Å²) >= 11 is 11.7. The molecule has 0 bridgehead atoms. The van der Waals surface area contributed by atoms with Crippen LogP contribution in [0.5, 0.6) is 5.75 Å². The van der Waals surface area contributed by atoms with Crippen molar-refractivity contribution in [2.75, 3.05) is 26.2 Å². The van der Waals surface area contributed by atoms with Crippen molar-refractivity contribution in [1.82, 2.24) is 10.6 Å². The molecule has 1 aliphatic heterocycles. The van der Waals surface area contributed by atoms with Crippen molar-refractivity contribution >= 4 is 29.1 Å². The first-order valence-corrected chi connectivity index (χ1v) is 6.96. The Bertz CT molecular complexity index is 450. The van der Waals surface area contributed by atoms with Crippen LogP contribution in [-0.2, 0) is 4.79 Å². The summed E-state index contributed by atoms with van der Waals surface area (Å²) in [5, 5.41) is 7.05. The molecule has 0 saturated carbocycles. The van der Waals surface area contributed by atoms with Gasteiger partial charge in [0.15, 0.2) is 0 Å². The number of halogens is 2. The third-order valence-corrected chi connectivity index (χ3v) is 3.47. The van der Waals surface area contributed by atoms with Crippen LogP contribution < -0.4 is 15.4 Å². The van der Waals surface area contributed by atoms with Gasteiger partial charge in [0.05, 0.1) is 18.1 Å². The van der Waals surface area contributed by atoms with E-state index in [-0.39, 0.29) is 5.91 Å². The minimum Gasteiger partial charge on any atom is -0.491 e. The molecule has 1 aromatic carbocycles. The maximum atomic E-state index is 11.6. The summed E-state index contributed by atoms with van der Waals surface area (Å²) in [5.74, 6) is 1.11. The number of amides is 1. The molecule has 1 aliphatic rings. The van der Waals surface area contributed by atoms with Gasteiger partial charge in [0.2, 0.25) is 5.91 Å². The van der Waals surface area contributed by atoms with E-state index in [0.29, 0.717) is 34.7 Å². The summed E-state index contributed by atoms with van der Waals surface area (Å²) in [6.07, 6.45) is 0.319. The summed E-state index contributed by atoms with van der Waals surface area (Å²) in [4.78, 5) is 11.6. The molecule has 6 heteroatoms. The summed E-state index contributed by atoms with van der Waals surface area (Å²) < 4.78 is 5.45. The van der Waals surface area contributed by atoms with Gasteiger partial charge in [-0.25, -0.2) is 0 Å². The Morgan fingerprint density at radius 3 is 2.84 bits per heavy atom. The third-order valence-electron chi connectivity index (χ3n) is 2.93. The number of carbonyl (C=O) groups is 1. The Hall–Kier alpha value is -0.970. The van der Waals surface area contributed by atoms with Crippen molar-refractivity contribution in [3.63, 3.8) is 0 Å². The molecule has 2 rings (SSSR count). The first-order chi connectivity index (χ1) is 9.15. The highest BCUT2D eigenvalue weighted by molar-refractivity contribution is 6.35. The highest BCUT2D eigenvalue weighted by Gasteiger charge is 2.16. The third kappa shape index (κ3) is 4.56. The lowest BCUT2D eigenvalue weighted by molar-refractivity contribution is -0.121. The lowest BCUT2D eigenvalue weighted by atomic mass is 10.0. The summed E-state index contributed by atoms with van der Waals surface area (Å²) in [6.45, 7) is 3.00. The Morgan fingerprint density at radius 2 is 2.21 bits per heavy atom. The van der Waals surface area contributed by atoms with Crippen molar-refractivity contribution in [1.29, 1.82) is 0 Å². The van der Waals surface area contributed by atoms with Gasteiger partial charge in [-0.1, -0.05) is 23.2 Å². The Kier molecular flexibility index (Phi) is 5.31. The molecular formula is C13H16Cl2N2O2. The van der Waals surface area contributed by atoms with Gasteiger partial charge in [-0.05, 0) is 18.2 Å². The monoisotopic (exact) mass is 302 g/mol. The zero-order valence-corrected chi connectivity index (χ0v) is 11.9. The van der Waals surface area contributed by atoms with Gasteiger partial charge in [-0.2, -0.15) is 0 Å². The number of hydrogen-bond donors (Lipinski definition) is 2. The lowest BCUT2D eigenvalue weighted by Crippen LogP contribution is -2.48. The summed E-state index contributed by atoms with van der Waals surface area (Å²) in [6, 6.07) is 5.01. The molecule has 0 radical (unpaired) electrons. The van der Waals surface area contributed by atoms with Crippen LogP contribution in [0.25, 0.3) is 0 Å². The molecule has 1 fully saturated rings. The molecule has 2 N–H and O–H groups in total. The number of nitrogens with one attached hydrogen (secondary N) is 2. The number of carbonyl (C=O) groups excluding carboxylic acids is 1. The van der Waals surface area contributed by atoms with Gasteiger partial charge in [-0.3, -0.25) is 4.79 Å². The van der Waals surface area contributed by atoms with Gasteiger partial charge >= 0.3 is 0 Å². The SMILES string of the molecule is O=C(CCOc1ccc(Cl)cc1Cl)NCC1CNC1. The minimum absolute atomic E-state index is 0.00279. The maximum absolute atomic E-state index is 11.6. The van der Waals surface area contributed by atoms with Crippen molar-refractivity contribution in [2.45, 2.75) is 6.42 Å². The van der Waals surface area contributed by atoms with E-state index in [1.54, 1.807) is 18.2 Å². The van der Waals surface area contributed by atoms with Crippen molar-refractivity contribution < 1.29 is 9.53 Å². The van der Waals surface area contributed by atoms with E-state index in [1.807, 2.05) is 0 Å². The van der Waals surface area contributed by atoms with Gasteiger partial charge in [0.1, 0.15) is 5.75 Å². The number of ether oxygens (including phenoxy) is 1. The highest BCUT2D eigenvalue weighted by atomic mass is 35.5. The zero-order chi connectivity index (χ0) is 13.7. The molecule has 19 heavy (non-hydrogen) atoms. The van der Waals surface area contributed by atoms with Crippen LogP contribution in [0, 0.1) is 5.92 Å². The van der Waals surface area contributed by atoms with E-state index in [2.05, 4.69) is 10.6 Å². The molecule has 104 valence electrons. The second-order valence-corrected chi connectivity index (χ2v) is 5.35. The molecule has 1 heterocycles. The standard InChI is InChI=1S/C13H16Cl2N2O2/c14-10-1-2-12(11(15)5-10)19-4-3-13(18)17-8-9-6-16-7-9/h1-2,5,9,16H,3-4,6-8H2,(H,17,18). The van der Waals surface area contributed by atoms with Crippen LogP contribution in [-0.4, -0.2) is 32.1 Å².